The Balaban J connectivity index is 1.88. The molecule has 1 aromatic heterocycles. The summed E-state index contributed by atoms with van der Waals surface area (Å²) in [6.07, 6.45) is 1.43. The fraction of sp³-hybridized carbons (Fsp3) is 0.286. The summed E-state index contributed by atoms with van der Waals surface area (Å²) in [6.45, 7) is 4.91. The van der Waals surface area contributed by atoms with Crippen LogP contribution in [0, 0.1) is 13.8 Å². The van der Waals surface area contributed by atoms with Crippen LogP contribution in [0.3, 0.4) is 0 Å². The second kappa shape index (κ2) is 6.77. The molecule has 4 nitrogen and oxygen atoms in total. The molecule has 1 aromatic carbocycles. The molecule has 0 saturated heterocycles. The van der Waals surface area contributed by atoms with Crippen LogP contribution in [0.4, 0.5) is 5.82 Å². The summed E-state index contributed by atoms with van der Waals surface area (Å²) in [5, 5.41) is 4.32. The minimum atomic E-state index is 0.453. The van der Waals surface area contributed by atoms with Crippen molar-refractivity contribution in [3.8, 4) is 5.75 Å². The molecule has 0 amide bonds. The summed E-state index contributed by atoms with van der Waals surface area (Å²) in [7, 11) is 0. The van der Waals surface area contributed by atoms with Gasteiger partial charge < -0.3 is 10.1 Å². The predicted molar refractivity (Wildman–Crippen MR) is 82.0 cm³/mol. The van der Waals surface area contributed by atoms with E-state index in [1.54, 1.807) is 0 Å². The standard InChI is InChI=1S/C14H15Cl2N3O/c1-9-11(15)4-3-5-12(9)20-7-6-17-14-10(2)13(16)18-8-19-14/h3-5,8H,6-7H2,1-2H3,(H,17,18,19). The second-order valence-corrected chi connectivity index (χ2v) is 5.04. The van der Waals surface area contributed by atoms with Crippen LogP contribution >= 0.6 is 23.2 Å². The molecule has 6 heteroatoms. The lowest BCUT2D eigenvalue weighted by atomic mass is 10.2. The highest BCUT2D eigenvalue weighted by atomic mass is 35.5. The molecule has 0 saturated carbocycles. The molecule has 0 aliphatic rings. The minimum absolute atomic E-state index is 0.453. The van der Waals surface area contributed by atoms with Gasteiger partial charge in [-0.05, 0) is 26.0 Å². The molecule has 0 aliphatic carbocycles. The average Bonchev–Trinajstić information content (AvgIpc) is 2.43. The number of nitrogens with zero attached hydrogens (tertiary/aromatic N) is 2. The van der Waals surface area contributed by atoms with E-state index in [9.17, 15) is 0 Å². The van der Waals surface area contributed by atoms with Crippen molar-refractivity contribution in [1.29, 1.82) is 0 Å². The first-order valence-electron chi connectivity index (χ1n) is 6.18. The van der Waals surface area contributed by atoms with E-state index in [0.29, 0.717) is 23.3 Å². The molecule has 2 rings (SSSR count). The number of nitrogens with one attached hydrogen (secondary N) is 1. The van der Waals surface area contributed by atoms with Crippen molar-refractivity contribution < 1.29 is 4.74 Å². The smallest absolute Gasteiger partial charge is 0.137 e. The first-order chi connectivity index (χ1) is 9.59. The highest BCUT2D eigenvalue weighted by Crippen LogP contribution is 2.25. The lowest BCUT2D eigenvalue weighted by molar-refractivity contribution is 0.330. The van der Waals surface area contributed by atoms with Crippen LogP contribution in [0.1, 0.15) is 11.1 Å². The Morgan fingerprint density at radius 3 is 2.75 bits per heavy atom. The van der Waals surface area contributed by atoms with Gasteiger partial charge in [-0.15, -0.1) is 0 Å². The highest BCUT2D eigenvalue weighted by molar-refractivity contribution is 6.31. The molecule has 0 spiro atoms. The average molecular weight is 312 g/mol. The Morgan fingerprint density at radius 1 is 1.15 bits per heavy atom. The maximum absolute atomic E-state index is 6.03. The van der Waals surface area contributed by atoms with Crippen molar-refractivity contribution in [1.82, 2.24) is 9.97 Å². The zero-order valence-corrected chi connectivity index (χ0v) is 12.8. The number of hydrogen-bond donors (Lipinski definition) is 1. The monoisotopic (exact) mass is 311 g/mol. The number of benzene rings is 1. The van der Waals surface area contributed by atoms with Gasteiger partial charge in [0.05, 0.1) is 6.54 Å². The SMILES string of the molecule is Cc1c(Cl)cccc1OCCNc1ncnc(Cl)c1C. The fourth-order valence-electron chi connectivity index (χ4n) is 1.68. The van der Waals surface area contributed by atoms with Crippen LogP contribution in [-0.4, -0.2) is 23.1 Å². The summed E-state index contributed by atoms with van der Waals surface area (Å²) in [4.78, 5) is 8.04. The van der Waals surface area contributed by atoms with Crippen LogP contribution < -0.4 is 10.1 Å². The summed E-state index contributed by atoms with van der Waals surface area (Å²) in [5.74, 6) is 1.51. The van der Waals surface area contributed by atoms with Crippen molar-refractivity contribution in [2.24, 2.45) is 0 Å². The third-order valence-electron chi connectivity index (χ3n) is 2.89. The summed E-state index contributed by atoms with van der Waals surface area (Å²) in [5.41, 5.74) is 1.77. The first kappa shape index (κ1) is 14.9. The van der Waals surface area contributed by atoms with E-state index in [1.165, 1.54) is 6.33 Å². The lowest BCUT2D eigenvalue weighted by Crippen LogP contribution is -2.13. The number of rotatable bonds is 5. The summed E-state index contributed by atoms with van der Waals surface area (Å²) < 4.78 is 5.69. The zero-order valence-electron chi connectivity index (χ0n) is 11.3. The number of anilines is 1. The Hall–Kier alpha value is -1.52. The highest BCUT2D eigenvalue weighted by Gasteiger charge is 2.05. The minimum Gasteiger partial charge on any atom is -0.491 e. The van der Waals surface area contributed by atoms with Gasteiger partial charge in [0.15, 0.2) is 0 Å². The third kappa shape index (κ3) is 3.52. The molecule has 106 valence electrons. The molecule has 20 heavy (non-hydrogen) atoms. The van der Waals surface area contributed by atoms with Crippen molar-refractivity contribution in [2.45, 2.75) is 13.8 Å². The van der Waals surface area contributed by atoms with Crippen LogP contribution in [0.15, 0.2) is 24.5 Å². The van der Waals surface area contributed by atoms with E-state index in [4.69, 9.17) is 27.9 Å². The van der Waals surface area contributed by atoms with E-state index >= 15 is 0 Å². The maximum Gasteiger partial charge on any atom is 0.137 e. The van der Waals surface area contributed by atoms with E-state index in [2.05, 4.69) is 15.3 Å². The molecule has 0 radical (unpaired) electrons. The molecule has 0 bridgehead atoms. The second-order valence-electron chi connectivity index (χ2n) is 4.28. The quantitative estimate of drug-likeness (QED) is 0.672. The van der Waals surface area contributed by atoms with Gasteiger partial charge in [-0.25, -0.2) is 9.97 Å². The summed E-state index contributed by atoms with van der Waals surface area (Å²) >= 11 is 12.0. The normalized spacial score (nSPS) is 10.4. The zero-order chi connectivity index (χ0) is 14.5. The Bertz CT molecular complexity index is 551. The first-order valence-corrected chi connectivity index (χ1v) is 6.94. The Labute approximate surface area is 128 Å². The molecule has 0 unspecified atom stereocenters. The van der Waals surface area contributed by atoms with Crippen molar-refractivity contribution >= 4 is 29.0 Å². The molecule has 1 N–H and O–H groups in total. The van der Waals surface area contributed by atoms with Gasteiger partial charge in [-0.3, -0.25) is 0 Å². The molecule has 0 aliphatic heterocycles. The van der Waals surface area contributed by atoms with E-state index in [0.717, 1.165) is 22.7 Å². The van der Waals surface area contributed by atoms with Crippen molar-refractivity contribution in [3.63, 3.8) is 0 Å². The van der Waals surface area contributed by atoms with Crippen LogP contribution in [0.2, 0.25) is 10.2 Å². The number of halogens is 2. The van der Waals surface area contributed by atoms with E-state index in [1.807, 2.05) is 32.0 Å². The third-order valence-corrected chi connectivity index (χ3v) is 3.68. The number of hydrogen-bond acceptors (Lipinski definition) is 4. The Kier molecular flexibility index (Phi) is 5.04. The van der Waals surface area contributed by atoms with Crippen LogP contribution in [-0.2, 0) is 0 Å². The van der Waals surface area contributed by atoms with Gasteiger partial charge in [0, 0.05) is 16.1 Å². The molecular weight excluding hydrogens is 297 g/mol. The van der Waals surface area contributed by atoms with Crippen molar-refractivity contribution in [3.05, 3.63) is 45.8 Å². The maximum atomic E-state index is 6.03. The molecule has 0 fully saturated rings. The number of aromatic nitrogens is 2. The van der Waals surface area contributed by atoms with Gasteiger partial charge in [0.2, 0.25) is 0 Å². The molecule has 1 heterocycles. The van der Waals surface area contributed by atoms with E-state index < -0.39 is 0 Å². The largest absolute Gasteiger partial charge is 0.491 e. The topological polar surface area (TPSA) is 47.0 Å². The fourth-order valence-corrected chi connectivity index (χ4v) is 1.98. The molecular formula is C14H15Cl2N3O. The van der Waals surface area contributed by atoms with Crippen LogP contribution in [0.5, 0.6) is 5.75 Å². The van der Waals surface area contributed by atoms with Crippen molar-refractivity contribution in [2.75, 3.05) is 18.5 Å². The van der Waals surface area contributed by atoms with Crippen LogP contribution in [0.25, 0.3) is 0 Å². The molecule has 2 aromatic rings. The van der Waals surface area contributed by atoms with Gasteiger partial charge in [-0.1, -0.05) is 29.3 Å². The lowest BCUT2D eigenvalue weighted by Gasteiger charge is -2.12. The van der Waals surface area contributed by atoms with Gasteiger partial charge in [-0.2, -0.15) is 0 Å². The predicted octanol–water partition coefficient (Wildman–Crippen LogP) is 3.89. The number of ether oxygens (including phenoxy) is 1. The van der Waals surface area contributed by atoms with E-state index in [-0.39, 0.29) is 0 Å². The molecule has 0 atom stereocenters. The Morgan fingerprint density at radius 2 is 1.95 bits per heavy atom. The van der Waals surface area contributed by atoms with Gasteiger partial charge in [0.1, 0.15) is 29.7 Å². The van der Waals surface area contributed by atoms with Gasteiger partial charge >= 0.3 is 0 Å². The van der Waals surface area contributed by atoms with Gasteiger partial charge in [0.25, 0.3) is 0 Å². The summed E-state index contributed by atoms with van der Waals surface area (Å²) in [6, 6.07) is 5.61.